The predicted octanol–water partition coefficient (Wildman–Crippen LogP) is 5.12. The Morgan fingerprint density at radius 3 is 2.96 bits per heavy atom. The number of fused-ring (bicyclic) bond motifs is 2. The molecule has 6 heteroatoms. The molecule has 140 valence electrons. The highest BCUT2D eigenvalue weighted by Gasteiger charge is 2.31. The lowest BCUT2D eigenvalue weighted by atomic mass is 9.87. The van der Waals surface area contributed by atoms with Crippen LogP contribution in [0.25, 0.3) is 16.6 Å². The first-order chi connectivity index (χ1) is 13.6. The van der Waals surface area contributed by atoms with Crippen molar-refractivity contribution in [1.29, 1.82) is 0 Å². The molecule has 28 heavy (non-hydrogen) atoms. The Morgan fingerprint density at radius 1 is 1.25 bits per heavy atom. The SMILES string of the molecule is CC1c2c(cccc2-c2ccoc2)CCN1C(=O)c1cc2ccc(Br)cn2n1. The second-order valence-corrected chi connectivity index (χ2v) is 7.98. The van der Waals surface area contributed by atoms with Crippen LogP contribution in [0.2, 0.25) is 0 Å². The summed E-state index contributed by atoms with van der Waals surface area (Å²) in [6, 6.07) is 14.0. The van der Waals surface area contributed by atoms with E-state index in [1.165, 1.54) is 11.1 Å². The number of amides is 1. The molecule has 4 aromatic rings. The number of nitrogens with zero attached hydrogens (tertiary/aromatic N) is 3. The van der Waals surface area contributed by atoms with Crippen LogP contribution >= 0.6 is 15.9 Å². The third kappa shape index (κ3) is 2.76. The van der Waals surface area contributed by atoms with Crippen molar-refractivity contribution < 1.29 is 9.21 Å². The van der Waals surface area contributed by atoms with Gasteiger partial charge in [-0.3, -0.25) is 4.79 Å². The number of pyridine rings is 1. The molecule has 5 nitrogen and oxygen atoms in total. The Balaban J connectivity index is 1.53. The van der Waals surface area contributed by atoms with Crippen LogP contribution in [0.15, 0.2) is 70.1 Å². The maximum absolute atomic E-state index is 13.3. The van der Waals surface area contributed by atoms with Gasteiger partial charge in [-0.15, -0.1) is 0 Å². The van der Waals surface area contributed by atoms with E-state index in [-0.39, 0.29) is 11.9 Å². The van der Waals surface area contributed by atoms with E-state index in [1.807, 2.05) is 35.4 Å². The molecule has 1 aromatic carbocycles. The van der Waals surface area contributed by atoms with Crippen LogP contribution in [0.1, 0.15) is 34.6 Å². The van der Waals surface area contributed by atoms with Gasteiger partial charge in [0.05, 0.1) is 24.1 Å². The number of hydrogen-bond acceptors (Lipinski definition) is 3. The molecule has 0 saturated heterocycles. The summed E-state index contributed by atoms with van der Waals surface area (Å²) in [7, 11) is 0. The van der Waals surface area contributed by atoms with Crippen molar-refractivity contribution in [1.82, 2.24) is 14.5 Å². The normalized spacial score (nSPS) is 16.4. The summed E-state index contributed by atoms with van der Waals surface area (Å²) in [5.41, 5.74) is 6.00. The van der Waals surface area contributed by atoms with Crippen LogP contribution in [0.5, 0.6) is 0 Å². The van der Waals surface area contributed by atoms with E-state index < -0.39 is 0 Å². The summed E-state index contributed by atoms with van der Waals surface area (Å²) < 4.78 is 7.94. The Hall–Kier alpha value is -2.86. The Kier molecular flexibility index (Phi) is 4.09. The quantitative estimate of drug-likeness (QED) is 0.439. The zero-order chi connectivity index (χ0) is 19.3. The third-order valence-electron chi connectivity index (χ3n) is 5.44. The molecule has 0 fully saturated rings. The minimum absolute atomic E-state index is 0.0417. The van der Waals surface area contributed by atoms with Crippen molar-refractivity contribution in [3.05, 3.63) is 82.5 Å². The molecule has 1 aliphatic heterocycles. The lowest BCUT2D eigenvalue weighted by molar-refractivity contribution is 0.0672. The van der Waals surface area contributed by atoms with Gasteiger partial charge in [0, 0.05) is 22.8 Å². The van der Waals surface area contributed by atoms with Crippen molar-refractivity contribution >= 4 is 27.4 Å². The van der Waals surface area contributed by atoms with Crippen LogP contribution in [0, 0.1) is 0 Å². The topological polar surface area (TPSA) is 50.8 Å². The second-order valence-electron chi connectivity index (χ2n) is 7.06. The molecule has 0 bridgehead atoms. The summed E-state index contributed by atoms with van der Waals surface area (Å²) in [4.78, 5) is 15.2. The van der Waals surface area contributed by atoms with Gasteiger partial charge < -0.3 is 9.32 Å². The van der Waals surface area contributed by atoms with Crippen LogP contribution in [-0.4, -0.2) is 27.0 Å². The molecule has 0 radical (unpaired) electrons. The van der Waals surface area contributed by atoms with Gasteiger partial charge in [0.15, 0.2) is 5.69 Å². The minimum Gasteiger partial charge on any atom is -0.472 e. The Bertz CT molecular complexity index is 1180. The highest BCUT2D eigenvalue weighted by Crippen LogP contribution is 2.38. The largest absolute Gasteiger partial charge is 0.472 e. The first-order valence-corrected chi connectivity index (χ1v) is 10.0. The van der Waals surface area contributed by atoms with E-state index in [9.17, 15) is 4.79 Å². The molecule has 1 amide bonds. The van der Waals surface area contributed by atoms with Crippen LogP contribution in [0.3, 0.4) is 0 Å². The van der Waals surface area contributed by atoms with E-state index in [0.717, 1.165) is 27.5 Å². The predicted molar refractivity (Wildman–Crippen MR) is 110 cm³/mol. The second kappa shape index (κ2) is 6.63. The van der Waals surface area contributed by atoms with Gasteiger partial charge in [-0.1, -0.05) is 18.2 Å². The number of furan rings is 1. The van der Waals surface area contributed by atoms with Crippen molar-refractivity contribution in [3.8, 4) is 11.1 Å². The first kappa shape index (κ1) is 17.3. The van der Waals surface area contributed by atoms with Crippen molar-refractivity contribution in [2.75, 3.05) is 6.54 Å². The summed E-state index contributed by atoms with van der Waals surface area (Å²) >= 11 is 3.45. The van der Waals surface area contributed by atoms with Crippen molar-refractivity contribution in [2.45, 2.75) is 19.4 Å². The molecule has 1 unspecified atom stereocenters. The molecule has 0 N–H and O–H groups in total. The summed E-state index contributed by atoms with van der Waals surface area (Å²) in [6.45, 7) is 2.77. The van der Waals surface area contributed by atoms with E-state index in [2.05, 4.69) is 46.2 Å². The number of hydrogen-bond donors (Lipinski definition) is 0. The van der Waals surface area contributed by atoms with Crippen LogP contribution in [-0.2, 0) is 6.42 Å². The van der Waals surface area contributed by atoms with Crippen LogP contribution in [0.4, 0.5) is 0 Å². The van der Waals surface area contributed by atoms with Gasteiger partial charge in [0.1, 0.15) is 0 Å². The lowest BCUT2D eigenvalue weighted by Crippen LogP contribution is -2.39. The summed E-state index contributed by atoms with van der Waals surface area (Å²) in [5.74, 6) is -0.0417. The van der Waals surface area contributed by atoms with Gasteiger partial charge in [0.2, 0.25) is 0 Å². The molecule has 1 atom stereocenters. The average molecular weight is 436 g/mol. The molecule has 3 aromatic heterocycles. The van der Waals surface area contributed by atoms with Gasteiger partial charge in [-0.2, -0.15) is 5.10 Å². The fraction of sp³-hybridized carbons (Fsp3) is 0.182. The van der Waals surface area contributed by atoms with Crippen molar-refractivity contribution in [3.63, 3.8) is 0 Å². The number of carbonyl (C=O) groups excluding carboxylic acids is 1. The Labute approximate surface area is 170 Å². The number of carbonyl (C=O) groups is 1. The number of benzene rings is 1. The maximum Gasteiger partial charge on any atom is 0.274 e. The zero-order valence-corrected chi connectivity index (χ0v) is 16.9. The molecule has 0 saturated carbocycles. The van der Waals surface area contributed by atoms with Gasteiger partial charge in [-0.25, -0.2) is 4.52 Å². The molecule has 4 heterocycles. The minimum atomic E-state index is -0.0427. The van der Waals surface area contributed by atoms with Gasteiger partial charge >= 0.3 is 0 Å². The van der Waals surface area contributed by atoms with Gasteiger partial charge in [-0.05, 0) is 70.2 Å². The molecule has 0 spiro atoms. The highest BCUT2D eigenvalue weighted by atomic mass is 79.9. The van der Waals surface area contributed by atoms with Crippen LogP contribution < -0.4 is 0 Å². The summed E-state index contributed by atoms with van der Waals surface area (Å²) in [5, 5.41) is 4.49. The molecular weight excluding hydrogens is 418 g/mol. The molecule has 0 aliphatic carbocycles. The van der Waals surface area contributed by atoms with Crippen molar-refractivity contribution in [2.24, 2.45) is 0 Å². The monoisotopic (exact) mass is 435 g/mol. The summed E-state index contributed by atoms with van der Waals surface area (Å²) in [6.07, 6.45) is 6.12. The number of rotatable bonds is 2. The van der Waals surface area contributed by atoms with E-state index in [1.54, 1.807) is 17.0 Å². The fourth-order valence-electron chi connectivity index (χ4n) is 4.07. The smallest absolute Gasteiger partial charge is 0.274 e. The van der Waals surface area contributed by atoms with E-state index in [0.29, 0.717) is 12.2 Å². The van der Waals surface area contributed by atoms with E-state index in [4.69, 9.17) is 4.42 Å². The van der Waals surface area contributed by atoms with Gasteiger partial charge in [0.25, 0.3) is 5.91 Å². The maximum atomic E-state index is 13.3. The highest BCUT2D eigenvalue weighted by molar-refractivity contribution is 9.10. The lowest BCUT2D eigenvalue weighted by Gasteiger charge is -2.36. The Morgan fingerprint density at radius 2 is 2.14 bits per heavy atom. The fourth-order valence-corrected chi connectivity index (χ4v) is 4.40. The first-order valence-electron chi connectivity index (χ1n) is 9.22. The molecule has 5 rings (SSSR count). The van der Waals surface area contributed by atoms with E-state index >= 15 is 0 Å². The zero-order valence-electron chi connectivity index (χ0n) is 15.3. The third-order valence-corrected chi connectivity index (χ3v) is 5.91. The standard InChI is InChI=1S/C22H18BrN3O2/c1-14-21-15(3-2-4-19(21)16-8-10-28-13-16)7-9-25(14)22(27)20-11-18-6-5-17(23)12-26(18)24-20/h2-6,8,10-14H,7,9H2,1H3. The number of halogens is 1. The molecular formula is C22H18BrN3O2. The number of aromatic nitrogens is 2. The average Bonchev–Trinajstić information content (AvgIpc) is 3.37. The molecule has 1 aliphatic rings.